The molecule has 0 saturated heterocycles. The number of aryl methyl sites for hydroxylation is 1. The molecule has 5 heteroatoms. The van der Waals surface area contributed by atoms with Gasteiger partial charge in [-0.3, -0.25) is 0 Å². The quantitative estimate of drug-likeness (QED) is 0.774. The van der Waals surface area contributed by atoms with Gasteiger partial charge in [0.2, 0.25) is 0 Å². The number of hydrogen-bond acceptors (Lipinski definition) is 4. The summed E-state index contributed by atoms with van der Waals surface area (Å²) in [7, 11) is 0. The summed E-state index contributed by atoms with van der Waals surface area (Å²) < 4.78 is 5.22. The summed E-state index contributed by atoms with van der Waals surface area (Å²) in [5.74, 6) is -0.863. The van der Waals surface area contributed by atoms with Crippen LogP contribution in [0.5, 0.6) is 0 Å². The van der Waals surface area contributed by atoms with Gasteiger partial charge in [-0.15, -0.1) is 0 Å². The van der Waals surface area contributed by atoms with Crippen molar-refractivity contribution in [3.05, 3.63) is 29.7 Å². The third-order valence-electron chi connectivity index (χ3n) is 2.09. The lowest BCUT2D eigenvalue weighted by atomic mass is 10.1. The maximum atomic E-state index is 10.6. The highest BCUT2D eigenvalue weighted by Crippen LogP contribution is 2.24. The number of aromatic nitrogens is 1. The van der Waals surface area contributed by atoms with Crippen LogP contribution in [0.3, 0.4) is 0 Å². The number of benzene rings is 1. The van der Waals surface area contributed by atoms with Crippen LogP contribution in [0.2, 0.25) is 0 Å². The first-order valence-electron chi connectivity index (χ1n) is 4.36. The van der Waals surface area contributed by atoms with E-state index in [9.17, 15) is 9.90 Å². The van der Waals surface area contributed by atoms with Crippen molar-refractivity contribution in [1.29, 1.82) is 0 Å². The SMILES string of the molecule is Cc1nc2c([C@@H](O)C(=O)O)cccc2o1. The number of aliphatic hydroxyl groups is 1. The Kier molecular flexibility index (Phi) is 2.17. The van der Waals surface area contributed by atoms with Crippen LogP contribution in [0, 0.1) is 6.92 Å². The zero-order valence-electron chi connectivity index (χ0n) is 7.97. The molecule has 2 aromatic rings. The summed E-state index contributed by atoms with van der Waals surface area (Å²) in [6.45, 7) is 1.66. The van der Waals surface area contributed by atoms with Crippen LogP contribution in [-0.4, -0.2) is 21.2 Å². The van der Waals surface area contributed by atoms with E-state index in [1.807, 2.05) is 0 Å². The van der Waals surface area contributed by atoms with E-state index in [0.717, 1.165) is 0 Å². The molecule has 0 radical (unpaired) electrons. The number of oxazole rings is 1. The molecule has 1 aromatic heterocycles. The number of aliphatic carboxylic acids is 1. The number of carboxylic acid groups (broad SMARTS) is 1. The molecular formula is C10H9NO4. The molecule has 0 fully saturated rings. The van der Waals surface area contributed by atoms with Gasteiger partial charge in [0.15, 0.2) is 17.6 Å². The minimum absolute atomic E-state index is 0.247. The lowest BCUT2D eigenvalue weighted by Gasteiger charge is -2.04. The van der Waals surface area contributed by atoms with Gasteiger partial charge in [-0.2, -0.15) is 0 Å². The number of fused-ring (bicyclic) bond motifs is 1. The van der Waals surface area contributed by atoms with E-state index in [1.165, 1.54) is 6.07 Å². The minimum atomic E-state index is -1.57. The van der Waals surface area contributed by atoms with E-state index in [2.05, 4.69) is 4.98 Å². The second-order valence-corrected chi connectivity index (χ2v) is 3.17. The van der Waals surface area contributed by atoms with Crippen molar-refractivity contribution in [2.75, 3.05) is 0 Å². The molecule has 15 heavy (non-hydrogen) atoms. The van der Waals surface area contributed by atoms with E-state index >= 15 is 0 Å². The van der Waals surface area contributed by atoms with Crippen molar-refractivity contribution in [2.24, 2.45) is 0 Å². The van der Waals surface area contributed by atoms with Crippen molar-refractivity contribution in [3.63, 3.8) is 0 Å². The molecule has 2 rings (SSSR count). The normalized spacial score (nSPS) is 12.9. The Morgan fingerprint density at radius 2 is 2.27 bits per heavy atom. The first-order chi connectivity index (χ1) is 7.09. The zero-order chi connectivity index (χ0) is 11.0. The smallest absolute Gasteiger partial charge is 0.337 e. The number of hydrogen-bond donors (Lipinski definition) is 2. The van der Waals surface area contributed by atoms with Gasteiger partial charge >= 0.3 is 5.97 Å². The standard InChI is InChI=1S/C10H9NO4/c1-5-11-8-6(9(12)10(13)14)3-2-4-7(8)15-5/h2-4,9,12H,1H3,(H,13,14)/t9-/m1/s1. The van der Waals surface area contributed by atoms with E-state index < -0.39 is 12.1 Å². The van der Waals surface area contributed by atoms with Crippen molar-refractivity contribution in [2.45, 2.75) is 13.0 Å². The molecule has 0 amide bonds. The summed E-state index contributed by atoms with van der Waals surface area (Å²) >= 11 is 0. The molecule has 5 nitrogen and oxygen atoms in total. The minimum Gasteiger partial charge on any atom is -0.479 e. The first kappa shape index (κ1) is 9.67. The Hall–Kier alpha value is -1.88. The molecule has 0 aliphatic carbocycles. The molecule has 0 unspecified atom stereocenters. The van der Waals surface area contributed by atoms with Gasteiger partial charge in [0, 0.05) is 12.5 Å². The molecule has 0 spiro atoms. The monoisotopic (exact) mass is 207 g/mol. The van der Waals surface area contributed by atoms with Crippen molar-refractivity contribution in [1.82, 2.24) is 4.98 Å². The third kappa shape index (κ3) is 1.57. The molecule has 0 bridgehead atoms. The largest absolute Gasteiger partial charge is 0.479 e. The van der Waals surface area contributed by atoms with E-state index in [0.29, 0.717) is 17.0 Å². The lowest BCUT2D eigenvalue weighted by Crippen LogP contribution is -2.10. The highest BCUT2D eigenvalue weighted by molar-refractivity contribution is 5.84. The Bertz CT molecular complexity index is 517. The first-order valence-corrected chi connectivity index (χ1v) is 4.36. The summed E-state index contributed by atoms with van der Waals surface area (Å²) in [5.41, 5.74) is 1.12. The highest BCUT2D eigenvalue weighted by Gasteiger charge is 2.20. The topological polar surface area (TPSA) is 83.6 Å². The fourth-order valence-corrected chi connectivity index (χ4v) is 1.43. The number of aliphatic hydroxyl groups excluding tert-OH is 1. The van der Waals surface area contributed by atoms with Gasteiger partial charge in [0.25, 0.3) is 0 Å². The summed E-state index contributed by atoms with van der Waals surface area (Å²) in [5, 5.41) is 18.1. The molecule has 1 aromatic carbocycles. The highest BCUT2D eigenvalue weighted by atomic mass is 16.4. The molecule has 1 atom stereocenters. The summed E-state index contributed by atoms with van der Waals surface area (Å²) in [4.78, 5) is 14.7. The maximum Gasteiger partial charge on any atom is 0.337 e. The van der Waals surface area contributed by atoms with Crippen LogP contribution >= 0.6 is 0 Å². The average Bonchev–Trinajstić information content (AvgIpc) is 2.56. The predicted molar refractivity (Wildman–Crippen MR) is 51.3 cm³/mol. The molecule has 0 aliphatic heterocycles. The molecule has 2 N–H and O–H groups in total. The number of carbonyl (C=O) groups is 1. The van der Waals surface area contributed by atoms with Crippen LogP contribution in [-0.2, 0) is 4.79 Å². The molecule has 1 heterocycles. The van der Waals surface area contributed by atoms with Crippen molar-refractivity contribution >= 4 is 17.1 Å². The number of nitrogens with zero attached hydrogens (tertiary/aromatic N) is 1. The van der Waals surface area contributed by atoms with E-state index in [4.69, 9.17) is 9.52 Å². The Morgan fingerprint density at radius 3 is 2.93 bits per heavy atom. The summed E-state index contributed by atoms with van der Waals surface area (Å²) in [6, 6.07) is 4.81. The lowest BCUT2D eigenvalue weighted by molar-refractivity contribution is -0.146. The van der Waals surface area contributed by atoms with Gasteiger partial charge < -0.3 is 14.6 Å². The molecule has 0 aliphatic rings. The second kappa shape index (κ2) is 3.36. The zero-order valence-corrected chi connectivity index (χ0v) is 7.97. The fraction of sp³-hybridized carbons (Fsp3) is 0.200. The predicted octanol–water partition coefficient (Wildman–Crippen LogP) is 1.25. The van der Waals surface area contributed by atoms with Crippen LogP contribution in [0.1, 0.15) is 17.6 Å². The van der Waals surface area contributed by atoms with Crippen LogP contribution in [0.4, 0.5) is 0 Å². The Morgan fingerprint density at radius 1 is 1.53 bits per heavy atom. The van der Waals surface area contributed by atoms with Crippen molar-refractivity contribution < 1.29 is 19.4 Å². The van der Waals surface area contributed by atoms with Gasteiger partial charge in [0.1, 0.15) is 5.52 Å². The van der Waals surface area contributed by atoms with E-state index in [1.54, 1.807) is 19.1 Å². The Labute approximate surface area is 85.0 Å². The second-order valence-electron chi connectivity index (χ2n) is 3.17. The van der Waals surface area contributed by atoms with Gasteiger partial charge in [0.05, 0.1) is 0 Å². The Balaban J connectivity index is 2.64. The maximum absolute atomic E-state index is 10.6. The number of carboxylic acids is 1. The van der Waals surface area contributed by atoms with Gasteiger partial charge in [-0.1, -0.05) is 12.1 Å². The molecule has 78 valence electrons. The van der Waals surface area contributed by atoms with Gasteiger partial charge in [-0.25, -0.2) is 9.78 Å². The van der Waals surface area contributed by atoms with E-state index in [-0.39, 0.29) is 5.56 Å². The molecular weight excluding hydrogens is 198 g/mol. The van der Waals surface area contributed by atoms with Gasteiger partial charge in [-0.05, 0) is 6.07 Å². The van der Waals surface area contributed by atoms with Crippen LogP contribution in [0.25, 0.3) is 11.1 Å². The summed E-state index contributed by atoms with van der Waals surface area (Å²) in [6.07, 6.45) is -1.57. The van der Waals surface area contributed by atoms with Crippen LogP contribution in [0.15, 0.2) is 22.6 Å². The van der Waals surface area contributed by atoms with Crippen molar-refractivity contribution in [3.8, 4) is 0 Å². The third-order valence-corrected chi connectivity index (χ3v) is 2.09. The molecule has 0 saturated carbocycles. The van der Waals surface area contributed by atoms with Crippen LogP contribution < -0.4 is 0 Å². The number of para-hydroxylation sites is 1. The average molecular weight is 207 g/mol. The number of rotatable bonds is 2. The fourth-order valence-electron chi connectivity index (χ4n) is 1.43.